The third kappa shape index (κ3) is 7.09. The third-order valence-electron chi connectivity index (χ3n) is 4.25. The molecule has 122 valence electrons. The molecule has 0 saturated heterocycles. The third-order valence-corrected chi connectivity index (χ3v) is 8.79. The first-order valence-corrected chi connectivity index (χ1v) is 10.7. The van der Waals surface area contributed by atoms with E-state index in [0.717, 1.165) is 19.3 Å². The van der Waals surface area contributed by atoms with Crippen molar-refractivity contribution in [3.8, 4) is 0 Å². The minimum absolute atomic E-state index is 0.0581. The predicted octanol–water partition coefficient (Wildman–Crippen LogP) is 4.42. The summed E-state index contributed by atoms with van der Waals surface area (Å²) >= 11 is 0. The molecule has 0 aromatic heterocycles. The smallest absolute Gasteiger partial charge is 0.243 e. The first-order valence-electron chi connectivity index (χ1n) is 7.79. The molecule has 1 N–H and O–H groups in total. The zero-order chi connectivity index (χ0) is 16.7. The van der Waals surface area contributed by atoms with Gasteiger partial charge in [0, 0.05) is 12.1 Å². The molecule has 0 rings (SSSR count). The molecule has 0 aliphatic rings. The number of carbonyl (C=O) groups excluding carboxylic acids is 1. The maximum atomic E-state index is 11.5. The van der Waals surface area contributed by atoms with Crippen LogP contribution in [0.1, 0.15) is 47.0 Å². The largest absolute Gasteiger partial charge is 0.414 e. The maximum absolute atomic E-state index is 11.5. The Balaban J connectivity index is 4.81. The second kappa shape index (κ2) is 8.54. The molecule has 0 heterocycles. The molecule has 4 heteroatoms. The van der Waals surface area contributed by atoms with Gasteiger partial charge in [-0.1, -0.05) is 40.3 Å². The van der Waals surface area contributed by atoms with Crippen molar-refractivity contribution in [1.29, 1.82) is 0 Å². The van der Waals surface area contributed by atoms with Gasteiger partial charge in [-0.2, -0.15) is 0 Å². The topological polar surface area (TPSA) is 38.3 Å². The molecule has 21 heavy (non-hydrogen) atoms. The average molecular weight is 312 g/mol. The lowest BCUT2D eigenvalue weighted by Gasteiger charge is -2.40. The van der Waals surface area contributed by atoms with Crippen molar-refractivity contribution in [2.24, 2.45) is 0 Å². The van der Waals surface area contributed by atoms with Crippen LogP contribution in [0.5, 0.6) is 0 Å². The van der Waals surface area contributed by atoms with Gasteiger partial charge in [-0.15, -0.1) is 6.58 Å². The van der Waals surface area contributed by atoms with E-state index >= 15 is 0 Å². The summed E-state index contributed by atoms with van der Waals surface area (Å²) in [6.07, 6.45) is 5.83. The van der Waals surface area contributed by atoms with Gasteiger partial charge in [0.15, 0.2) is 8.32 Å². The molecule has 1 amide bonds. The number of rotatable bonds is 9. The van der Waals surface area contributed by atoms with Gasteiger partial charge >= 0.3 is 0 Å². The summed E-state index contributed by atoms with van der Waals surface area (Å²) in [7, 11) is -1.79. The molecule has 3 nitrogen and oxygen atoms in total. The van der Waals surface area contributed by atoms with Crippen molar-refractivity contribution >= 4 is 14.2 Å². The molecule has 0 aromatic rings. The molecule has 0 fully saturated rings. The highest BCUT2D eigenvalue weighted by atomic mass is 28.4. The van der Waals surface area contributed by atoms with Gasteiger partial charge in [0.25, 0.3) is 0 Å². The van der Waals surface area contributed by atoms with E-state index in [0.29, 0.717) is 0 Å². The van der Waals surface area contributed by atoms with Gasteiger partial charge in [0.2, 0.25) is 5.91 Å². The number of carbonyl (C=O) groups is 1. The summed E-state index contributed by atoms with van der Waals surface area (Å²) in [6.45, 7) is 20.7. The number of nitrogens with one attached hydrogen (secondary N) is 1. The fraction of sp³-hybridized carbons (Fsp3) is 0.706. The highest BCUT2D eigenvalue weighted by Crippen LogP contribution is 2.38. The molecule has 2 atom stereocenters. The van der Waals surface area contributed by atoms with Crippen molar-refractivity contribution in [3.05, 3.63) is 25.3 Å². The van der Waals surface area contributed by atoms with Crippen molar-refractivity contribution in [1.82, 2.24) is 5.32 Å². The van der Waals surface area contributed by atoms with Crippen LogP contribution >= 0.6 is 0 Å². The van der Waals surface area contributed by atoms with Crippen LogP contribution in [0.3, 0.4) is 0 Å². The predicted molar refractivity (Wildman–Crippen MR) is 93.9 cm³/mol. The number of hydrogen-bond donors (Lipinski definition) is 1. The number of hydrogen-bond acceptors (Lipinski definition) is 2. The summed E-state index contributed by atoms with van der Waals surface area (Å²) in [5.41, 5.74) is 0. The van der Waals surface area contributed by atoms with Gasteiger partial charge < -0.3 is 9.74 Å². The van der Waals surface area contributed by atoms with Crippen LogP contribution in [0.2, 0.25) is 18.1 Å². The van der Waals surface area contributed by atoms with E-state index in [4.69, 9.17) is 4.43 Å². The summed E-state index contributed by atoms with van der Waals surface area (Å²) in [5, 5.41) is 3.16. The monoisotopic (exact) mass is 311 g/mol. The van der Waals surface area contributed by atoms with Gasteiger partial charge in [-0.3, -0.25) is 4.79 Å². The van der Waals surface area contributed by atoms with E-state index in [2.05, 4.69) is 59.3 Å². The van der Waals surface area contributed by atoms with Crippen LogP contribution in [0.15, 0.2) is 25.3 Å². The molecule has 0 radical (unpaired) electrons. The lowest BCUT2D eigenvalue weighted by Crippen LogP contribution is -2.46. The van der Waals surface area contributed by atoms with Crippen LogP contribution in [0.25, 0.3) is 0 Å². The Morgan fingerprint density at radius 3 is 2.29 bits per heavy atom. The van der Waals surface area contributed by atoms with E-state index in [9.17, 15) is 4.79 Å². The molecule has 0 unspecified atom stereocenters. The van der Waals surface area contributed by atoms with Gasteiger partial charge in [0.05, 0.1) is 0 Å². The Hall–Kier alpha value is -0.873. The first-order chi connectivity index (χ1) is 9.57. The SMILES string of the molecule is C=CC[C@@H](C[C@H](CC)O[Si](C)(C)C(C)(C)C)NC(=O)C=C. The van der Waals surface area contributed by atoms with Crippen LogP contribution < -0.4 is 5.32 Å². The average Bonchev–Trinajstić information content (AvgIpc) is 2.36. The summed E-state index contributed by atoms with van der Waals surface area (Å²) < 4.78 is 6.47. The van der Waals surface area contributed by atoms with Crippen LogP contribution in [0.4, 0.5) is 0 Å². The second-order valence-electron chi connectivity index (χ2n) is 7.08. The van der Waals surface area contributed by atoms with Crippen LogP contribution in [-0.2, 0) is 9.22 Å². The Morgan fingerprint density at radius 1 is 1.33 bits per heavy atom. The quantitative estimate of drug-likeness (QED) is 0.389. The van der Waals surface area contributed by atoms with Crippen LogP contribution in [0, 0.1) is 0 Å². The Morgan fingerprint density at radius 2 is 1.90 bits per heavy atom. The van der Waals surface area contributed by atoms with Crippen molar-refractivity contribution in [2.75, 3.05) is 0 Å². The highest BCUT2D eigenvalue weighted by molar-refractivity contribution is 6.74. The van der Waals surface area contributed by atoms with E-state index < -0.39 is 8.32 Å². The molecule has 0 bridgehead atoms. The highest BCUT2D eigenvalue weighted by Gasteiger charge is 2.39. The van der Waals surface area contributed by atoms with Gasteiger partial charge in [-0.05, 0) is 43.5 Å². The minimum Gasteiger partial charge on any atom is -0.414 e. The number of amides is 1. The van der Waals surface area contributed by atoms with Crippen LogP contribution in [-0.4, -0.2) is 26.4 Å². The van der Waals surface area contributed by atoms with E-state index in [1.165, 1.54) is 6.08 Å². The molecule has 0 saturated carbocycles. The lowest BCUT2D eigenvalue weighted by molar-refractivity contribution is -0.117. The zero-order valence-electron chi connectivity index (χ0n) is 14.7. The first kappa shape index (κ1) is 20.1. The molecule has 0 aliphatic heterocycles. The Bertz CT molecular complexity index is 358. The normalized spacial score (nSPS) is 15.1. The molecule has 0 spiro atoms. The molecule has 0 aliphatic carbocycles. The van der Waals surface area contributed by atoms with Crippen molar-refractivity contribution in [2.45, 2.75) is 77.2 Å². The van der Waals surface area contributed by atoms with E-state index in [1.54, 1.807) is 0 Å². The molecule has 0 aromatic carbocycles. The summed E-state index contributed by atoms with van der Waals surface area (Å²) in [4.78, 5) is 11.5. The summed E-state index contributed by atoms with van der Waals surface area (Å²) in [5.74, 6) is -0.135. The Labute approximate surface area is 132 Å². The van der Waals surface area contributed by atoms with Gasteiger partial charge in [0.1, 0.15) is 0 Å². The molecular formula is C17H33NO2Si. The van der Waals surface area contributed by atoms with Gasteiger partial charge in [-0.25, -0.2) is 0 Å². The van der Waals surface area contributed by atoms with Crippen molar-refractivity contribution in [3.63, 3.8) is 0 Å². The fourth-order valence-corrected chi connectivity index (χ4v) is 3.33. The Kier molecular flexibility index (Phi) is 8.19. The second-order valence-corrected chi connectivity index (χ2v) is 11.8. The summed E-state index contributed by atoms with van der Waals surface area (Å²) in [6, 6.07) is 0.0581. The van der Waals surface area contributed by atoms with Crippen molar-refractivity contribution < 1.29 is 9.22 Å². The van der Waals surface area contributed by atoms with E-state index in [1.807, 2.05) is 6.08 Å². The maximum Gasteiger partial charge on any atom is 0.243 e. The lowest BCUT2D eigenvalue weighted by atomic mass is 10.0. The minimum atomic E-state index is -1.79. The molecular weight excluding hydrogens is 278 g/mol. The fourth-order valence-electron chi connectivity index (χ4n) is 1.88. The standard InChI is InChI=1S/C17H33NO2Si/c1-9-12-14(18-16(19)11-3)13-15(10-2)20-21(7,8)17(4,5)6/h9,11,14-15H,1,3,10,12-13H2,2,4-8H3,(H,18,19)/t14-,15-/m0/s1. The van der Waals surface area contributed by atoms with E-state index in [-0.39, 0.29) is 23.1 Å². The zero-order valence-corrected chi connectivity index (χ0v) is 15.7.